The Morgan fingerprint density at radius 2 is 1.85 bits per heavy atom. The van der Waals surface area contributed by atoms with E-state index in [2.05, 4.69) is 5.32 Å². The average molecular weight is 362 g/mol. The van der Waals surface area contributed by atoms with Crippen molar-refractivity contribution in [3.8, 4) is 0 Å². The lowest BCUT2D eigenvalue weighted by Crippen LogP contribution is -2.42. The Labute approximate surface area is 155 Å². The molecule has 0 radical (unpaired) electrons. The van der Waals surface area contributed by atoms with E-state index >= 15 is 0 Å². The van der Waals surface area contributed by atoms with Crippen LogP contribution >= 0.6 is 0 Å². The number of rotatable bonds is 5. The van der Waals surface area contributed by atoms with Crippen LogP contribution in [0.5, 0.6) is 0 Å². The molecule has 144 valence electrons. The van der Waals surface area contributed by atoms with Gasteiger partial charge in [0.05, 0.1) is 0 Å². The molecular formula is C20H30N2O4. The van der Waals surface area contributed by atoms with E-state index in [0.717, 1.165) is 19.3 Å². The highest BCUT2D eigenvalue weighted by Gasteiger charge is 2.27. The molecule has 6 nitrogen and oxygen atoms in total. The van der Waals surface area contributed by atoms with Crippen molar-refractivity contribution in [2.75, 3.05) is 19.6 Å². The van der Waals surface area contributed by atoms with E-state index in [9.17, 15) is 14.7 Å². The first-order valence-electron chi connectivity index (χ1n) is 9.25. The van der Waals surface area contributed by atoms with Crippen LogP contribution in [-0.2, 0) is 9.53 Å². The summed E-state index contributed by atoms with van der Waals surface area (Å²) in [6, 6.07) is 8.90. The van der Waals surface area contributed by atoms with Crippen LogP contribution in [0.2, 0.25) is 0 Å². The van der Waals surface area contributed by atoms with Crippen molar-refractivity contribution in [2.24, 2.45) is 5.92 Å². The lowest BCUT2D eigenvalue weighted by Gasteiger charge is -2.33. The Hall–Kier alpha value is -2.08. The van der Waals surface area contributed by atoms with E-state index in [1.54, 1.807) is 29.2 Å². The van der Waals surface area contributed by atoms with Crippen molar-refractivity contribution < 1.29 is 19.4 Å². The molecule has 0 aliphatic carbocycles. The highest BCUT2D eigenvalue weighted by atomic mass is 16.6. The van der Waals surface area contributed by atoms with Crippen molar-refractivity contribution in [3.63, 3.8) is 0 Å². The monoisotopic (exact) mass is 362 g/mol. The molecule has 1 aromatic rings. The number of ether oxygens (including phenoxy) is 1. The summed E-state index contributed by atoms with van der Waals surface area (Å²) in [5.74, 6) is 0.0882. The molecule has 1 unspecified atom stereocenters. The molecule has 0 spiro atoms. The molecule has 1 aliphatic rings. The Bertz CT molecular complexity index is 590. The lowest BCUT2D eigenvalue weighted by atomic mass is 9.93. The third-order valence-corrected chi connectivity index (χ3v) is 4.48. The molecule has 6 heteroatoms. The first-order valence-corrected chi connectivity index (χ1v) is 9.25. The summed E-state index contributed by atoms with van der Waals surface area (Å²) in [5, 5.41) is 12.8. The van der Waals surface area contributed by atoms with Gasteiger partial charge in [0.1, 0.15) is 5.60 Å². The van der Waals surface area contributed by atoms with Gasteiger partial charge in [-0.15, -0.1) is 0 Å². The molecule has 2 amide bonds. The van der Waals surface area contributed by atoms with Gasteiger partial charge in [-0.05, 0) is 51.5 Å². The smallest absolute Gasteiger partial charge is 0.410 e. The van der Waals surface area contributed by atoms with Gasteiger partial charge in [-0.3, -0.25) is 4.79 Å². The average Bonchev–Trinajstić information content (AvgIpc) is 2.61. The molecule has 26 heavy (non-hydrogen) atoms. The summed E-state index contributed by atoms with van der Waals surface area (Å²) in [7, 11) is 0. The number of amides is 2. The summed E-state index contributed by atoms with van der Waals surface area (Å²) in [4.78, 5) is 25.8. The van der Waals surface area contributed by atoms with Gasteiger partial charge in [0, 0.05) is 19.6 Å². The van der Waals surface area contributed by atoms with Crippen molar-refractivity contribution >= 4 is 12.0 Å². The summed E-state index contributed by atoms with van der Waals surface area (Å²) in [6.45, 7) is 7.48. The van der Waals surface area contributed by atoms with Crippen LogP contribution in [0, 0.1) is 5.92 Å². The summed E-state index contributed by atoms with van der Waals surface area (Å²) in [6.07, 6.45) is 1.25. The maximum atomic E-state index is 12.1. The Morgan fingerprint density at radius 1 is 1.23 bits per heavy atom. The van der Waals surface area contributed by atoms with E-state index in [4.69, 9.17) is 4.74 Å². The zero-order valence-electron chi connectivity index (χ0n) is 15.9. The van der Waals surface area contributed by atoms with Gasteiger partial charge in [-0.25, -0.2) is 4.79 Å². The fraction of sp³-hybridized carbons (Fsp3) is 0.600. The summed E-state index contributed by atoms with van der Waals surface area (Å²) in [5.41, 5.74) is 0.119. The second kappa shape index (κ2) is 9.03. The molecule has 1 saturated heterocycles. The third-order valence-electron chi connectivity index (χ3n) is 4.48. The van der Waals surface area contributed by atoms with Gasteiger partial charge >= 0.3 is 6.09 Å². The van der Waals surface area contributed by atoms with E-state index in [1.165, 1.54) is 0 Å². The van der Waals surface area contributed by atoms with E-state index in [1.807, 2.05) is 26.8 Å². The predicted molar refractivity (Wildman–Crippen MR) is 99.6 cm³/mol. The number of nitrogens with zero attached hydrogens (tertiary/aromatic N) is 1. The first-order chi connectivity index (χ1) is 12.3. The summed E-state index contributed by atoms with van der Waals surface area (Å²) >= 11 is 0. The number of carbonyl (C=O) groups is 2. The Balaban J connectivity index is 1.67. The number of piperidine rings is 1. The van der Waals surface area contributed by atoms with Crippen LogP contribution in [0.1, 0.15) is 51.7 Å². The number of hydrogen-bond acceptors (Lipinski definition) is 4. The van der Waals surface area contributed by atoms with Gasteiger partial charge in [-0.2, -0.15) is 0 Å². The highest BCUT2D eigenvalue weighted by molar-refractivity contribution is 5.81. The molecule has 1 fully saturated rings. The zero-order valence-corrected chi connectivity index (χ0v) is 15.9. The van der Waals surface area contributed by atoms with Crippen molar-refractivity contribution in [2.45, 2.75) is 51.7 Å². The zero-order chi connectivity index (χ0) is 19.2. The van der Waals surface area contributed by atoms with E-state index < -0.39 is 11.7 Å². The Morgan fingerprint density at radius 3 is 2.42 bits per heavy atom. The number of benzene rings is 1. The van der Waals surface area contributed by atoms with Crippen LogP contribution in [0.15, 0.2) is 30.3 Å². The largest absolute Gasteiger partial charge is 0.444 e. The normalized spacial score (nSPS) is 16.8. The van der Waals surface area contributed by atoms with E-state index in [-0.39, 0.29) is 12.0 Å². The fourth-order valence-corrected chi connectivity index (χ4v) is 3.01. The minimum atomic E-state index is -1.13. The van der Waals surface area contributed by atoms with Gasteiger partial charge < -0.3 is 20.1 Å². The van der Waals surface area contributed by atoms with Crippen molar-refractivity contribution in [1.82, 2.24) is 10.2 Å². The van der Waals surface area contributed by atoms with Crippen LogP contribution < -0.4 is 5.32 Å². The molecular weight excluding hydrogens is 332 g/mol. The summed E-state index contributed by atoms with van der Waals surface area (Å²) < 4.78 is 5.40. The lowest BCUT2D eigenvalue weighted by molar-refractivity contribution is -0.129. The second-order valence-electron chi connectivity index (χ2n) is 7.80. The molecule has 0 bridgehead atoms. The second-order valence-corrected chi connectivity index (χ2v) is 7.80. The fourth-order valence-electron chi connectivity index (χ4n) is 3.01. The minimum Gasteiger partial charge on any atom is -0.444 e. The van der Waals surface area contributed by atoms with Crippen LogP contribution in [0.25, 0.3) is 0 Å². The van der Waals surface area contributed by atoms with Gasteiger partial charge in [0.2, 0.25) is 0 Å². The van der Waals surface area contributed by atoms with Crippen LogP contribution in [0.4, 0.5) is 4.79 Å². The quantitative estimate of drug-likeness (QED) is 0.844. The minimum absolute atomic E-state index is 0.254. The predicted octanol–water partition coefficient (Wildman–Crippen LogP) is 2.87. The number of nitrogens with one attached hydrogen (secondary N) is 1. The SMILES string of the molecule is CC(C)(C)OC(=O)N1CCC(CCNC(=O)C(O)c2ccccc2)CC1. The van der Waals surface area contributed by atoms with Gasteiger partial charge in [0.15, 0.2) is 6.10 Å². The Kier molecular flexibility index (Phi) is 7.03. The van der Waals surface area contributed by atoms with Crippen LogP contribution in [0.3, 0.4) is 0 Å². The molecule has 1 aliphatic heterocycles. The van der Waals surface area contributed by atoms with E-state index in [0.29, 0.717) is 31.1 Å². The molecule has 2 rings (SSSR count). The van der Waals surface area contributed by atoms with Crippen molar-refractivity contribution in [1.29, 1.82) is 0 Å². The molecule has 2 N–H and O–H groups in total. The topological polar surface area (TPSA) is 78.9 Å². The maximum Gasteiger partial charge on any atom is 0.410 e. The standard InChI is InChI=1S/C20H30N2O4/c1-20(2,3)26-19(25)22-13-10-15(11-14-22)9-12-21-18(24)17(23)16-7-5-4-6-8-16/h4-8,15,17,23H,9-14H2,1-3H3,(H,21,24). The first kappa shape index (κ1) is 20.2. The van der Waals surface area contributed by atoms with Gasteiger partial charge in [-0.1, -0.05) is 30.3 Å². The van der Waals surface area contributed by atoms with Crippen molar-refractivity contribution in [3.05, 3.63) is 35.9 Å². The third kappa shape index (κ3) is 6.33. The molecule has 1 heterocycles. The maximum absolute atomic E-state index is 12.1. The number of hydrogen-bond donors (Lipinski definition) is 2. The number of carbonyl (C=O) groups excluding carboxylic acids is 2. The molecule has 0 saturated carbocycles. The molecule has 1 aromatic carbocycles. The molecule has 0 aromatic heterocycles. The molecule has 1 atom stereocenters. The number of aliphatic hydroxyl groups is 1. The van der Waals surface area contributed by atoms with Gasteiger partial charge in [0.25, 0.3) is 5.91 Å². The van der Waals surface area contributed by atoms with Crippen LogP contribution in [-0.4, -0.2) is 47.2 Å². The highest BCUT2D eigenvalue weighted by Crippen LogP contribution is 2.22. The number of aliphatic hydroxyl groups excluding tert-OH is 1. The number of likely N-dealkylation sites (tertiary alicyclic amines) is 1.